The highest BCUT2D eigenvalue weighted by molar-refractivity contribution is 5.91. The lowest BCUT2D eigenvalue weighted by Gasteiger charge is -2.39. The topological polar surface area (TPSA) is 85.4 Å². The van der Waals surface area contributed by atoms with Gasteiger partial charge in [0.05, 0.1) is 12.6 Å². The summed E-state index contributed by atoms with van der Waals surface area (Å²) in [5.74, 6) is -0.340. The first-order valence-electron chi connectivity index (χ1n) is 11.3. The van der Waals surface area contributed by atoms with Crippen LogP contribution in [0.1, 0.15) is 36.6 Å². The Hall–Kier alpha value is -4.06. The van der Waals surface area contributed by atoms with E-state index in [1.165, 1.54) is 4.90 Å². The van der Waals surface area contributed by atoms with Gasteiger partial charge in [-0.2, -0.15) is 0 Å². The summed E-state index contributed by atoms with van der Waals surface area (Å²) in [6.07, 6.45) is 0.941. The number of hydrogen-bond acceptors (Lipinski definition) is 2. The molecular weight excluding hydrogens is 426 g/mol. The zero-order valence-electron chi connectivity index (χ0n) is 19.4. The van der Waals surface area contributed by atoms with Crippen molar-refractivity contribution >= 4 is 22.9 Å². The monoisotopic (exact) mass is 455 g/mol. The highest BCUT2D eigenvalue weighted by Gasteiger charge is 2.43. The predicted octanol–water partition coefficient (Wildman–Crippen LogP) is 5.53. The summed E-state index contributed by atoms with van der Waals surface area (Å²) < 4.78 is 0. The number of amides is 2. The molecule has 2 amide bonds. The van der Waals surface area contributed by atoms with Crippen LogP contribution in [0.4, 0.5) is 4.79 Å². The molecule has 3 N–H and O–H groups in total. The molecule has 0 saturated carbocycles. The van der Waals surface area contributed by atoms with Gasteiger partial charge in [0.15, 0.2) is 0 Å². The molecule has 174 valence electrons. The average molecular weight is 456 g/mol. The van der Waals surface area contributed by atoms with Gasteiger partial charge in [0, 0.05) is 23.5 Å². The van der Waals surface area contributed by atoms with Crippen molar-refractivity contribution < 1.29 is 14.7 Å². The Morgan fingerprint density at radius 3 is 2.26 bits per heavy atom. The fourth-order valence-electron chi connectivity index (χ4n) is 4.34. The van der Waals surface area contributed by atoms with Crippen LogP contribution in [0.25, 0.3) is 10.9 Å². The van der Waals surface area contributed by atoms with E-state index in [9.17, 15) is 14.7 Å². The van der Waals surface area contributed by atoms with E-state index in [0.29, 0.717) is 0 Å². The number of nitrogens with zero attached hydrogens (tertiary/aromatic N) is 1. The van der Waals surface area contributed by atoms with Crippen LogP contribution in [0.5, 0.6) is 0 Å². The first kappa shape index (κ1) is 23.1. The molecule has 4 aromatic rings. The van der Waals surface area contributed by atoms with Crippen LogP contribution in [0.3, 0.4) is 0 Å². The highest BCUT2D eigenvalue weighted by atomic mass is 16.4. The lowest BCUT2D eigenvalue weighted by molar-refractivity contribution is -0.132. The van der Waals surface area contributed by atoms with Crippen LogP contribution in [0, 0.1) is 0 Å². The Labute approximate surface area is 199 Å². The highest BCUT2D eigenvalue weighted by Crippen LogP contribution is 2.29. The summed E-state index contributed by atoms with van der Waals surface area (Å²) in [5, 5.41) is 14.3. The maximum absolute atomic E-state index is 13.8. The Bertz CT molecular complexity index is 1270. The molecule has 4 rings (SSSR count). The number of aromatic nitrogens is 1. The van der Waals surface area contributed by atoms with E-state index < -0.39 is 11.6 Å². The van der Waals surface area contributed by atoms with Crippen molar-refractivity contribution in [2.45, 2.75) is 38.4 Å². The second-order valence-corrected chi connectivity index (χ2v) is 8.77. The van der Waals surface area contributed by atoms with Crippen molar-refractivity contribution in [3.63, 3.8) is 0 Å². The van der Waals surface area contributed by atoms with Gasteiger partial charge in [0.25, 0.3) is 0 Å². The third-order valence-electron chi connectivity index (χ3n) is 6.36. The van der Waals surface area contributed by atoms with Crippen molar-refractivity contribution in [3.05, 3.63) is 108 Å². The molecule has 6 heteroatoms. The van der Waals surface area contributed by atoms with Gasteiger partial charge in [-0.15, -0.1) is 0 Å². The van der Waals surface area contributed by atoms with Gasteiger partial charge in [0.1, 0.15) is 5.54 Å². The van der Waals surface area contributed by atoms with E-state index in [1.54, 1.807) is 6.92 Å². The number of nitrogens with one attached hydrogen (secondary N) is 2. The molecule has 0 aliphatic carbocycles. The number of carbonyl (C=O) groups excluding carboxylic acids is 1. The summed E-state index contributed by atoms with van der Waals surface area (Å²) in [6.45, 7) is 3.71. The van der Waals surface area contributed by atoms with Gasteiger partial charge in [-0.1, -0.05) is 78.9 Å². The van der Waals surface area contributed by atoms with Crippen molar-refractivity contribution in [2.24, 2.45) is 0 Å². The Morgan fingerprint density at radius 1 is 0.971 bits per heavy atom. The van der Waals surface area contributed by atoms with Crippen LogP contribution in [0.15, 0.2) is 91.1 Å². The van der Waals surface area contributed by atoms with E-state index in [1.807, 2.05) is 98.0 Å². The minimum Gasteiger partial charge on any atom is -0.465 e. The molecule has 3 aromatic carbocycles. The first-order valence-corrected chi connectivity index (χ1v) is 11.3. The average Bonchev–Trinajstić information content (AvgIpc) is 3.26. The fourth-order valence-corrected chi connectivity index (χ4v) is 4.34. The molecule has 0 fully saturated rings. The number of H-pyrrole nitrogens is 1. The number of fused-ring (bicyclic) bond motifs is 1. The molecule has 6 nitrogen and oxygen atoms in total. The Morgan fingerprint density at radius 2 is 1.59 bits per heavy atom. The second-order valence-electron chi connectivity index (χ2n) is 8.77. The van der Waals surface area contributed by atoms with Gasteiger partial charge in [-0.25, -0.2) is 4.79 Å². The van der Waals surface area contributed by atoms with Crippen LogP contribution in [0.2, 0.25) is 0 Å². The van der Waals surface area contributed by atoms with E-state index >= 15 is 0 Å². The van der Waals surface area contributed by atoms with Crippen LogP contribution >= 0.6 is 0 Å². The maximum Gasteiger partial charge on any atom is 0.408 e. The van der Waals surface area contributed by atoms with Gasteiger partial charge < -0.3 is 15.4 Å². The largest absolute Gasteiger partial charge is 0.465 e. The number of hydrogen-bond donors (Lipinski definition) is 3. The second kappa shape index (κ2) is 9.83. The van der Waals surface area contributed by atoms with Crippen molar-refractivity contribution in [3.8, 4) is 0 Å². The van der Waals surface area contributed by atoms with Crippen LogP contribution in [-0.4, -0.2) is 32.5 Å². The number of aromatic amines is 1. The number of benzene rings is 3. The Balaban J connectivity index is 1.72. The molecule has 0 aliphatic rings. The summed E-state index contributed by atoms with van der Waals surface area (Å²) in [7, 11) is 0. The zero-order chi connectivity index (χ0) is 24.1. The quantitative estimate of drug-likeness (QED) is 0.327. The van der Waals surface area contributed by atoms with Gasteiger partial charge in [0.2, 0.25) is 5.91 Å². The van der Waals surface area contributed by atoms with E-state index in [4.69, 9.17) is 0 Å². The number of carbonyl (C=O) groups is 2. The third kappa shape index (κ3) is 4.81. The van der Waals surface area contributed by atoms with E-state index in [2.05, 4.69) is 10.3 Å². The number of rotatable bonds is 8. The summed E-state index contributed by atoms with van der Waals surface area (Å²) in [4.78, 5) is 30.8. The first-order chi connectivity index (χ1) is 16.4. The summed E-state index contributed by atoms with van der Waals surface area (Å²) in [6, 6.07) is 26.5. The standard InChI is InChI=1S/C28H29N3O3/c1-20(22-13-7-4-8-14-22)30-26(32)28(2,17-23-18-29-25-16-10-9-15-24(23)25)31(27(33)34)19-21-11-5-3-6-12-21/h3-16,18,20,29H,17,19H2,1-2H3,(H,30,32)(H,33,34)/t20-,28+/m1/s1. The third-order valence-corrected chi connectivity index (χ3v) is 6.36. The molecule has 0 spiro atoms. The van der Waals surface area contributed by atoms with Gasteiger partial charge in [-0.05, 0) is 36.6 Å². The smallest absolute Gasteiger partial charge is 0.408 e. The minimum atomic E-state index is -1.35. The lowest BCUT2D eigenvalue weighted by Crippen LogP contribution is -2.59. The summed E-state index contributed by atoms with van der Waals surface area (Å²) in [5.41, 5.74) is 2.26. The zero-order valence-corrected chi connectivity index (χ0v) is 19.4. The number of para-hydroxylation sites is 1. The van der Waals surface area contributed by atoms with Crippen molar-refractivity contribution in [1.82, 2.24) is 15.2 Å². The normalized spacial score (nSPS) is 13.7. The van der Waals surface area contributed by atoms with Crippen LogP contribution < -0.4 is 5.32 Å². The molecule has 1 heterocycles. The molecule has 0 unspecified atom stereocenters. The van der Waals surface area contributed by atoms with E-state index in [-0.39, 0.29) is 24.9 Å². The minimum absolute atomic E-state index is 0.0994. The van der Waals surface area contributed by atoms with Crippen LogP contribution in [-0.2, 0) is 17.8 Å². The van der Waals surface area contributed by atoms with Gasteiger partial charge in [-0.3, -0.25) is 9.69 Å². The summed E-state index contributed by atoms with van der Waals surface area (Å²) >= 11 is 0. The number of carboxylic acid groups (broad SMARTS) is 1. The molecule has 1 aromatic heterocycles. The molecule has 2 atom stereocenters. The van der Waals surface area contributed by atoms with Gasteiger partial charge >= 0.3 is 6.09 Å². The lowest BCUT2D eigenvalue weighted by atomic mass is 9.88. The molecule has 0 aliphatic heterocycles. The maximum atomic E-state index is 13.8. The van der Waals surface area contributed by atoms with E-state index in [0.717, 1.165) is 27.6 Å². The Kier molecular flexibility index (Phi) is 6.68. The molecular formula is C28H29N3O3. The van der Waals surface area contributed by atoms with Crippen molar-refractivity contribution in [2.75, 3.05) is 0 Å². The molecule has 0 radical (unpaired) electrons. The molecule has 0 bridgehead atoms. The molecule has 0 saturated heterocycles. The predicted molar refractivity (Wildman–Crippen MR) is 133 cm³/mol. The SMILES string of the molecule is C[C@@H](NC(=O)[C@](C)(Cc1c[nH]c2ccccc12)N(Cc1ccccc1)C(=O)O)c1ccccc1. The fraction of sp³-hybridized carbons (Fsp3) is 0.214. The van der Waals surface area contributed by atoms with Crippen molar-refractivity contribution in [1.29, 1.82) is 0 Å². The molecule has 34 heavy (non-hydrogen) atoms.